The van der Waals surface area contributed by atoms with E-state index in [9.17, 15) is 0 Å². The third-order valence-electron chi connectivity index (χ3n) is 1.67. The molecule has 0 fully saturated rings. The molecule has 0 aromatic carbocycles. The molecule has 0 radical (unpaired) electrons. The maximum absolute atomic E-state index is 8.65. The van der Waals surface area contributed by atoms with Gasteiger partial charge in [0.15, 0.2) is 0 Å². The second-order valence-electron chi connectivity index (χ2n) is 2.61. The van der Waals surface area contributed by atoms with Gasteiger partial charge in [0, 0.05) is 22.8 Å². The first-order valence-corrected chi connectivity index (χ1v) is 4.69. The number of nitrogens with two attached hydrogens (primary N) is 1. The highest BCUT2D eigenvalue weighted by molar-refractivity contribution is 7.16. The molecule has 2 rings (SSSR count). The number of thiophene rings is 1. The van der Waals surface area contributed by atoms with Gasteiger partial charge in [-0.15, -0.1) is 11.3 Å². The molecule has 0 aliphatic rings. The van der Waals surface area contributed by atoms with Crippen molar-refractivity contribution in [2.45, 2.75) is 0 Å². The number of aromatic nitrogens is 2. The molecule has 0 amide bonds. The monoisotopic (exact) mass is 202 g/mol. The average molecular weight is 202 g/mol. The molecule has 2 N–H and O–H groups in total. The van der Waals surface area contributed by atoms with Crippen molar-refractivity contribution >= 4 is 17.3 Å². The third-order valence-corrected chi connectivity index (χ3v) is 2.71. The molecule has 2 aromatic heterocycles. The Morgan fingerprint density at radius 1 is 1.29 bits per heavy atom. The Kier molecular flexibility index (Phi) is 2.13. The molecular formula is C9H6N4S. The van der Waals surface area contributed by atoms with Crippen LogP contribution < -0.4 is 5.73 Å². The summed E-state index contributed by atoms with van der Waals surface area (Å²) in [6.45, 7) is 0. The Morgan fingerprint density at radius 2 is 2.00 bits per heavy atom. The largest absolute Gasteiger partial charge is 0.368 e. The van der Waals surface area contributed by atoms with Gasteiger partial charge in [-0.3, -0.25) is 0 Å². The van der Waals surface area contributed by atoms with Crippen molar-refractivity contribution < 1.29 is 0 Å². The zero-order chi connectivity index (χ0) is 9.97. The van der Waals surface area contributed by atoms with Crippen LogP contribution in [-0.4, -0.2) is 9.97 Å². The molecule has 2 aromatic rings. The second kappa shape index (κ2) is 3.44. The van der Waals surface area contributed by atoms with E-state index in [2.05, 4.69) is 16.0 Å². The second-order valence-corrected chi connectivity index (χ2v) is 3.69. The number of rotatable bonds is 1. The molecule has 0 spiro atoms. The van der Waals surface area contributed by atoms with Gasteiger partial charge in [0.05, 0.1) is 0 Å². The lowest BCUT2D eigenvalue weighted by Crippen LogP contribution is -1.92. The smallest absolute Gasteiger partial charge is 0.219 e. The Balaban J connectivity index is 2.40. The van der Waals surface area contributed by atoms with Crippen LogP contribution in [-0.2, 0) is 0 Å². The number of hydrogen-bond donors (Lipinski definition) is 1. The van der Waals surface area contributed by atoms with Gasteiger partial charge < -0.3 is 5.73 Å². The first-order valence-electron chi connectivity index (χ1n) is 3.87. The summed E-state index contributed by atoms with van der Waals surface area (Å²) in [4.78, 5) is 9.41. The lowest BCUT2D eigenvalue weighted by atomic mass is 10.3. The summed E-state index contributed by atoms with van der Waals surface area (Å²) in [5.41, 5.74) is 6.25. The van der Waals surface area contributed by atoms with E-state index in [4.69, 9.17) is 11.0 Å². The lowest BCUT2D eigenvalue weighted by molar-refractivity contribution is 1.19. The maximum atomic E-state index is 8.65. The minimum Gasteiger partial charge on any atom is -0.368 e. The molecule has 4 nitrogen and oxygen atoms in total. The standard InChI is InChI=1S/C9H6N4S/c10-3-7-1-2-8(14-7)6-4-12-9(11)13-5-6/h1-2,4-5H,(H2,11,12,13). The molecular weight excluding hydrogens is 196 g/mol. The Bertz CT molecular complexity index is 480. The van der Waals surface area contributed by atoms with E-state index in [0.717, 1.165) is 10.4 Å². The van der Waals surface area contributed by atoms with Crippen molar-refractivity contribution in [3.05, 3.63) is 29.4 Å². The first kappa shape index (κ1) is 8.66. The van der Waals surface area contributed by atoms with Crippen molar-refractivity contribution in [2.75, 3.05) is 5.73 Å². The fourth-order valence-electron chi connectivity index (χ4n) is 1.02. The van der Waals surface area contributed by atoms with Crippen LogP contribution in [0.15, 0.2) is 24.5 Å². The summed E-state index contributed by atoms with van der Waals surface area (Å²) < 4.78 is 0. The molecule has 5 heteroatoms. The topological polar surface area (TPSA) is 75.6 Å². The molecule has 14 heavy (non-hydrogen) atoms. The fourth-order valence-corrected chi connectivity index (χ4v) is 1.80. The van der Waals surface area contributed by atoms with Crippen molar-refractivity contribution in [3.8, 4) is 16.5 Å². The minimum absolute atomic E-state index is 0.255. The molecule has 0 aliphatic heterocycles. The van der Waals surface area contributed by atoms with E-state index < -0.39 is 0 Å². The highest BCUT2D eigenvalue weighted by atomic mass is 32.1. The molecule has 68 valence electrons. The number of hydrogen-bond acceptors (Lipinski definition) is 5. The zero-order valence-electron chi connectivity index (χ0n) is 7.14. The SMILES string of the molecule is N#Cc1ccc(-c2cnc(N)nc2)s1. The van der Waals surface area contributed by atoms with Crippen molar-refractivity contribution in [3.63, 3.8) is 0 Å². The van der Waals surface area contributed by atoms with Crippen LogP contribution in [0.3, 0.4) is 0 Å². The maximum Gasteiger partial charge on any atom is 0.219 e. The summed E-state index contributed by atoms with van der Waals surface area (Å²) in [5.74, 6) is 0.255. The predicted octanol–water partition coefficient (Wildman–Crippen LogP) is 1.66. The molecule has 0 atom stereocenters. The number of anilines is 1. The fraction of sp³-hybridized carbons (Fsp3) is 0. The van der Waals surface area contributed by atoms with Gasteiger partial charge >= 0.3 is 0 Å². The highest BCUT2D eigenvalue weighted by Crippen LogP contribution is 2.26. The van der Waals surface area contributed by atoms with Gasteiger partial charge in [-0.1, -0.05) is 0 Å². The summed E-state index contributed by atoms with van der Waals surface area (Å²) in [6, 6.07) is 5.73. The predicted molar refractivity (Wildman–Crippen MR) is 54.5 cm³/mol. The van der Waals surface area contributed by atoms with Crippen LogP contribution >= 0.6 is 11.3 Å². The van der Waals surface area contributed by atoms with E-state index in [-0.39, 0.29) is 5.95 Å². The van der Waals surface area contributed by atoms with Crippen LogP contribution in [0.5, 0.6) is 0 Å². The lowest BCUT2D eigenvalue weighted by Gasteiger charge is -1.95. The molecule has 2 heterocycles. The average Bonchev–Trinajstić information content (AvgIpc) is 2.67. The van der Waals surface area contributed by atoms with Gasteiger partial charge in [-0.25, -0.2) is 9.97 Å². The van der Waals surface area contributed by atoms with Crippen LogP contribution in [0.2, 0.25) is 0 Å². The van der Waals surface area contributed by atoms with E-state index >= 15 is 0 Å². The van der Waals surface area contributed by atoms with Crippen LogP contribution in [0.25, 0.3) is 10.4 Å². The third kappa shape index (κ3) is 1.56. The number of nitrogen functional groups attached to an aromatic ring is 1. The van der Waals surface area contributed by atoms with E-state index in [0.29, 0.717) is 4.88 Å². The Hall–Kier alpha value is -1.93. The van der Waals surface area contributed by atoms with Crippen LogP contribution in [0.4, 0.5) is 5.95 Å². The van der Waals surface area contributed by atoms with Gasteiger partial charge in [-0.05, 0) is 12.1 Å². The minimum atomic E-state index is 0.255. The van der Waals surface area contributed by atoms with E-state index in [1.807, 2.05) is 6.07 Å². The molecule has 0 aliphatic carbocycles. The van der Waals surface area contributed by atoms with Gasteiger partial charge in [0.25, 0.3) is 0 Å². The Labute approximate surface area is 84.7 Å². The summed E-state index contributed by atoms with van der Waals surface area (Å²) in [6.07, 6.45) is 3.30. The van der Waals surface area contributed by atoms with Gasteiger partial charge in [0.1, 0.15) is 10.9 Å². The van der Waals surface area contributed by atoms with E-state index in [1.54, 1.807) is 18.5 Å². The highest BCUT2D eigenvalue weighted by Gasteiger charge is 2.02. The molecule has 0 saturated heterocycles. The first-order chi connectivity index (χ1) is 6.79. The Morgan fingerprint density at radius 3 is 2.57 bits per heavy atom. The summed E-state index contributed by atoms with van der Waals surface area (Å²) in [7, 11) is 0. The van der Waals surface area contributed by atoms with Crippen molar-refractivity contribution in [2.24, 2.45) is 0 Å². The van der Waals surface area contributed by atoms with E-state index in [1.165, 1.54) is 11.3 Å². The molecule has 0 unspecified atom stereocenters. The van der Waals surface area contributed by atoms with Crippen LogP contribution in [0, 0.1) is 11.3 Å². The van der Waals surface area contributed by atoms with Crippen molar-refractivity contribution in [1.82, 2.24) is 9.97 Å². The zero-order valence-corrected chi connectivity index (χ0v) is 7.95. The van der Waals surface area contributed by atoms with Crippen LogP contribution in [0.1, 0.15) is 4.88 Å². The molecule has 0 bridgehead atoms. The van der Waals surface area contributed by atoms with Gasteiger partial charge in [0.2, 0.25) is 5.95 Å². The summed E-state index contributed by atoms with van der Waals surface area (Å²) in [5, 5.41) is 8.65. The van der Waals surface area contributed by atoms with Gasteiger partial charge in [-0.2, -0.15) is 5.26 Å². The quantitative estimate of drug-likeness (QED) is 0.763. The summed E-state index contributed by atoms with van der Waals surface area (Å²) >= 11 is 1.41. The number of nitrogens with zero attached hydrogens (tertiary/aromatic N) is 3. The normalized spacial score (nSPS) is 9.64. The van der Waals surface area contributed by atoms with Crippen molar-refractivity contribution in [1.29, 1.82) is 5.26 Å². The molecule has 0 saturated carbocycles. The number of nitriles is 1.